The summed E-state index contributed by atoms with van der Waals surface area (Å²) in [6.45, 7) is 7.89. The van der Waals surface area contributed by atoms with Crippen LogP contribution in [0.1, 0.15) is 5.56 Å². The van der Waals surface area contributed by atoms with Crippen LogP contribution < -0.4 is 15.1 Å². The minimum absolute atomic E-state index is 0.0538. The van der Waals surface area contributed by atoms with E-state index in [9.17, 15) is 4.79 Å². The van der Waals surface area contributed by atoms with Crippen molar-refractivity contribution < 1.29 is 9.53 Å². The second-order valence-electron chi connectivity index (χ2n) is 7.09. The molecule has 4 rings (SSSR count). The zero-order valence-electron chi connectivity index (χ0n) is 16.2. The average Bonchev–Trinajstić information content (AvgIpc) is 2.75. The van der Waals surface area contributed by atoms with Crippen LogP contribution in [0, 0.1) is 6.92 Å². The Balaban J connectivity index is 1.34. The molecule has 1 aromatic carbocycles. The molecule has 2 saturated heterocycles. The number of nitrogens with one attached hydrogen (secondary N) is 1. The summed E-state index contributed by atoms with van der Waals surface area (Å²) in [5.74, 6) is 1.66. The zero-order valence-corrected chi connectivity index (χ0v) is 16.2. The van der Waals surface area contributed by atoms with Crippen LogP contribution in [0.4, 0.5) is 22.2 Å². The van der Waals surface area contributed by atoms with Gasteiger partial charge in [-0.3, -0.25) is 0 Å². The van der Waals surface area contributed by atoms with E-state index < -0.39 is 0 Å². The Labute approximate surface area is 165 Å². The van der Waals surface area contributed by atoms with Crippen molar-refractivity contribution in [2.24, 2.45) is 0 Å². The van der Waals surface area contributed by atoms with Crippen LogP contribution in [-0.4, -0.2) is 73.4 Å². The number of ether oxygens (including phenoxy) is 1. The molecule has 1 aromatic heterocycles. The lowest BCUT2D eigenvalue weighted by atomic mass is 10.2. The Hall–Kier alpha value is -2.87. The van der Waals surface area contributed by atoms with Crippen LogP contribution in [0.15, 0.2) is 36.5 Å². The number of piperazine rings is 1. The van der Waals surface area contributed by atoms with Crippen molar-refractivity contribution in [2.45, 2.75) is 6.92 Å². The number of rotatable bonds is 3. The quantitative estimate of drug-likeness (QED) is 0.875. The molecule has 28 heavy (non-hydrogen) atoms. The molecular formula is C20H26N6O2. The Morgan fingerprint density at radius 1 is 1.04 bits per heavy atom. The molecule has 2 aliphatic rings. The van der Waals surface area contributed by atoms with Gasteiger partial charge < -0.3 is 24.8 Å². The number of aryl methyl sites for hydroxylation is 1. The van der Waals surface area contributed by atoms with E-state index in [1.165, 1.54) is 0 Å². The first-order valence-corrected chi connectivity index (χ1v) is 9.72. The number of hydrogen-bond acceptors (Lipinski definition) is 6. The van der Waals surface area contributed by atoms with Gasteiger partial charge in [-0.05, 0) is 30.7 Å². The molecule has 2 aromatic rings. The molecule has 2 amide bonds. The number of nitrogens with zero attached hydrogens (tertiary/aromatic N) is 5. The topological polar surface area (TPSA) is 73.8 Å². The maximum absolute atomic E-state index is 12.5. The Morgan fingerprint density at radius 2 is 1.82 bits per heavy atom. The number of benzene rings is 1. The molecule has 0 atom stereocenters. The lowest BCUT2D eigenvalue weighted by Gasteiger charge is -2.35. The van der Waals surface area contributed by atoms with Crippen molar-refractivity contribution in [1.29, 1.82) is 0 Å². The number of morpholine rings is 1. The van der Waals surface area contributed by atoms with Gasteiger partial charge >= 0.3 is 6.03 Å². The van der Waals surface area contributed by atoms with E-state index in [4.69, 9.17) is 9.72 Å². The smallest absolute Gasteiger partial charge is 0.321 e. The van der Waals surface area contributed by atoms with Gasteiger partial charge in [0.25, 0.3) is 0 Å². The van der Waals surface area contributed by atoms with Gasteiger partial charge in [0.05, 0.1) is 13.2 Å². The molecule has 2 aliphatic heterocycles. The first-order chi connectivity index (χ1) is 13.7. The first-order valence-electron chi connectivity index (χ1n) is 9.72. The Morgan fingerprint density at radius 3 is 2.57 bits per heavy atom. The van der Waals surface area contributed by atoms with E-state index in [0.29, 0.717) is 26.3 Å². The SMILES string of the molecule is Cc1cccc(NC(=O)N2CCN(c3ccnc(N4CCOCC4)n3)CC2)c1. The molecule has 3 heterocycles. The second-order valence-corrected chi connectivity index (χ2v) is 7.09. The molecule has 8 heteroatoms. The van der Waals surface area contributed by atoms with Crippen molar-refractivity contribution in [2.75, 3.05) is 67.6 Å². The third kappa shape index (κ3) is 4.33. The molecular weight excluding hydrogens is 356 g/mol. The molecule has 148 valence electrons. The maximum Gasteiger partial charge on any atom is 0.321 e. The van der Waals surface area contributed by atoms with Crippen LogP contribution >= 0.6 is 0 Å². The highest BCUT2D eigenvalue weighted by Crippen LogP contribution is 2.18. The maximum atomic E-state index is 12.5. The van der Waals surface area contributed by atoms with Crippen molar-refractivity contribution in [1.82, 2.24) is 14.9 Å². The van der Waals surface area contributed by atoms with Gasteiger partial charge in [-0.15, -0.1) is 0 Å². The fourth-order valence-electron chi connectivity index (χ4n) is 3.50. The number of anilines is 3. The molecule has 0 radical (unpaired) electrons. The van der Waals surface area contributed by atoms with Crippen molar-refractivity contribution in [3.8, 4) is 0 Å². The van der Waals surface area contributed by atoms with Gasteiger partial charge in [0.1, 0.15) is 5.82 Å². The van der Waals surface area contributed by atoms with E-state index in [1.54, 1.807) is 0 Å². The summed E-state index contributed by atoms with van der Waals surface area (Å²) in [7, 11) is 0. The number of amides is 2. The first kappa shape index (κ1) is 18.5. The van der Waals surface area contributed by atoms with Crippen LogP contribution in [-0.2, 0) is 4.74 Å². The Bertz CT molecular complexity index is 816. The molecule has 0 spiro atoms. The molecule has 0 unspecified atom stereocenters. The van der Waals surface area contributed by atoms with Crippen LogP contribution in [0.2, 0.25) is 0 Å². The largest absolute Gasteiger partial charge is 0.378 e. The summed E-state index contributed by atoms with van der Waals surface area (Å²) in [5, 5.41) is 2.98. The van der Waals surface area contributed by atoms with Gasteiger partial charge in [0, 0.05) is 51.2 Å². The predicted molar refractivity (Wildman–Crippen MR) is 109 cm³/mol. The summed E-state index contributed by atoms with van der Waals surface area (Å²) in [6, 6.07) is 9.73. The van der Waals surface area contributed by atoms with Crippen molar-refractivity contribution in [3.63, 3.8) is 0 Å². The minimum atomic E-state index is -0.0538. The van der Waals surface area contributed by atoms with Gasteiger partial charge in [-0.25, -0.2) is 9.78 Å². The number of carbonyl (C=O) groups is 1. The number of carbonyl (C=O) groups excluding carboxylic acids is 1. The number of aromatic nitrogens is 2. The van der Waals surface area contributed by atoms with Gasteiger partial charge in [0.2, 0.25) is 5.95 Å². The van der Waals surface area contributed by atoms with E-state index >= 15 is 0 Å². The van der Waals surface area contributed by atoms with Gasteiger partial charge in [-0.1, -0.05) is 12.1 Å². The minimum Gasteiger partial charge on any atom is -0.378 e. The van der Waals surface area contributed by atoms with Crippen molar-refractivity contribution in [3.05, 3.63) is 42.1 Å². The third-order valence-corrected chi connectivity index (χ3v) is 5.08. The number of urea groups is 1. The molecule has 8 nitrogen and oxygen atoms in total. The van der Waals surface area contributed by atoms with Crippen molar-refractivity contribution >= 4 is 23.5 Å². The highest BCUT2D eigenvalue weighted by Gasteiger charge is 2.23. The molecule has 0 saturated carbocycles. The lowest BCUT2D eigenvalue weighted by Crippen LogP contribution is -2.50. The molecule has 0 aliphatic carbocycles. The monoisotopic (exact) mass is 382 g/mol. The standard InChI is InChI=1S/C20H26N6O2/c1-16-3-2-4-17(15-16)22-20(27)26-9-7-24(8-10-26)18-5-6-21-19(23-18)25-11-13-28-14-12-25/h2-6,15H,7-14H2,1H3,(H,22,27). The van der Waals surface area contributed by atoms with E-state index in [1.807, 2.05) is 48.4 Å². The predicted octanol–water partition coefficient (Wildman–Crippen LogP) is 1.98. The summed E-state index contributed by atoms with van der Waals surface area (Å²) in [5.41, 5.74) is 1.96. The normalized spacial score (nSPS) is 17.5. The van der Waals surface area contributed by atoms with Gasteiger partial charge in [0.15, 0.2) is 0 Å². The van der Waals surface area contributed by atoms with E-state index in [0.717, 1.165) is 49.2 Å². The van der Waals surface area contributed by atoms with Gasteiger partial charge in [-0.2, -0.15) is 4.98 Å². The fraction of sp³-hybridized carbons (Fsp3) is 0.450. The lowest BCUT2D eigenvalue weighted by molar-refractivity contribution is 0.122. The fourth-order valence-corrected chi connectivity index (χ4v) is 3.50. The summed E-state index contributed by atoms with van der Waals surface area (Å²) in [6.07, 6.45) is 1.81. The molecule has 0 bridgehead atoms. The second kappa shape index (κ2) is 8.43. The van der Waals surface area contributed by atoms with Crippen LogP contribution in [0.5, 0.6) is 0 Å². The average molecular weight is 382 g/mol. The summed E-state index contributed by atoms with van der Waals surface area (Å²) in [4.78, 5) is 27.9. The summed E-state index contributed by atoms with van der Waals surface area (Å²) >= 11 is 0. The Kier molecular flexibility index (Phi) is 5.57. The van der Waals surface area contributed by atoms with E-state index in [-0.39, 0.29) is 6.03 Å². The van der Waals surface area contributed by atoms with Crippen LogP contribution in [0.3, 0.4) is 0 Å². The zero-order chi connectivity index (χ0) is 19.3. The highest BCUT2D eigenvalue weighted by atomic mass is 16.5. The summed E-state index contributed by atoms with van der Waals surface area (Å²) < 4.78 is 5.40. The number of hydrogen-bond donors (Lipinski definition) is 1. The molecule has 1 N–H and O–H groups in total. The highest BCUT2D eigenvalue weighted by molar-refractivity contribution is 5.89. The van der Waals surface area contributed by atoms with Crippen LogP contribution in [0.25, 0.3) is 0 Å². The molecule has 2 fully saturated rings. The third-order valence-electron chi connectivity index (χ3n) is 5.08. The van der Waals surface area contributed by atoms with E-state index in [2.05, 4.69) is 20.1 Å².